The van der Waals surface area contributed by atoms with E-state index >= 15 is 0 Å². The van der Waals surface area contributed by atoms with Gasteiger partial charge in [-0.05, 0) is 35.2 Å². The molecule has 1 atom stereocenters. The van der Waals surface area contributed by atoms with Gasteiger partial charge in [0.2, 0.25) is 0 Å². The van der Waals surface area contributed by atoms with Crippen LogP contribution in [0.25, 0.3) is 0 Å². The monoisotopic (exact) mass is 301 g/mol. The van der Waals surface area contributed by atoms with Crippen molar-refractivity contribution in [2.24, 2.45) is 11.1 Å². The Labute approximate surface area is 111 Å². The fourth-order valence-corrected chi connectivity index (χ4v) is 1.97. The highest BCUT2D eigenvalue weighted by Gasteiger charge is 2.32. The van der Waals surface area contributed by atoms with E-state index in [0.717, 1.165) is 0 Å². The van der Waals surface area contributed by atoms with E-state index in [4.69, 9.17) is 5.73 Å². The van der Waals surface area contributed by atoms with E-state index < -0.39 is 6.04 Å². The average Bonchev–Trinajstić information content (AvgIpc) is 2.56. The molecule has 0 aliphatic rings. The van der Waals surface area contributed by atoms with E-state index in [2.05, 4.69) is 21.0 Å². The van der Waals surface area contributed by atoms with Crippen molar-refractivity contribution in [3.8, 4) is 0 Å². The summed E-state index contributed by atoms with van der Waals surface area (Å²) < 4.78 is 2.41. The summed E-state index contributed by atoms with van der Waals surface area (Å²) in [7, 11) is 0. The second-order valence-electron chi connectivity index (χ2n) is 5.59. The molecule has 5 heteroatoms. The van der Waals surface area contributed by atoms with Gasteiger partial charge >= 0.3 is 0 Å². The Morgan fingerprint density at radius 2 is 2.00 bits per heavy atom. The Kier molecular flexibility index (Phi) is 4.15. The molecule has 0 saturated heterocycles. The molecule has 96 valence electrons. The largest absolute Gasteiger partial charge is 0.321 e. The predicted molar refractivity (Wildman–Crippen MR) is 72.1 cm³/mol. The number of carbonyl (C=O) groups excluding carboxylic acids is 1. The van der Waals surface area contributed by atoms with Crippen molar-refractivity contribution in [3.05, 3.63) is 16.4 Å². The van der Waals surface area contributed by atoms with Crippen molar-refractivity contribution < 1.29 is 4.79 Å². The molecule has 0 aliphatic heterocycles. The summed E-state index contributed by atoms with van der Waals surface area (Å²) in [6, 6.07) is -0.402. The number of hydrogen-bond donors (Lipinski definition) is 1. The zero-order chi connectivity index (χ0) is 13.4. The summed E-state index contributed by atoms with van der Waals surface area (Å²) in [5.74, 6) is -0.0735. The van der Waals surface area contributed by atoms with Gasteiger partial charge in [0.05, 0.1) is 16.7 Å². The van der Waals surface area contributed by atoms with Crippen LogP contribution in [0, 0.1) is 5.41 Å². The number of hydrogen-bond acceptors (Lipinski definition) is 3. The lowest BCUT2D eigenvalue weighted by atomic mass is 9.84. The maximum absolute atomic E-state index is 12.4. The number of ketones is 1. The van der Waals surface area contributed by atoms with Crippen molar-refractivity contribution in [1.29, 1.82) is 0 Å². The van der Waals surface area contributed by atoms with Crippen LogP contribution in [0.4, 0.5) is 0 Å². The summed E-state index contributed by atoms with van der Waals surface area (Å²) in [6.07, 6.45) is 1.64. The molecule has 17 heavy (non-hydrogen) atoms. The summed E-state index contributed by atoms with van der Waals surface area (Å²) >= 11 is 3.36. The molecule has 0 saturated carbocycles. The van der Waals surface area contributed by atoms with E-state index in [1.165, 1.54) is 0 Å². The van der Waals surface area contributed by atoms with Gasteiger partial charge < -0.3 is 5.73 Å². The molecule has 4 nitrogen and oxygen atoms in total. The highest BCUT2D eigenvalue weighted by atomic mass is 79.9. The van der Waals surface area contributed by atoms with Crippen LogP contribution in [-0.2, 0) is 0 Å². The van der Waals surface area contributed by atoms with Crippen LogP contribution in [0.3, 0.4) is 0 Å². The maximum Gasteiger partial charge on any atom is 0.199 e. The summed E-state index contributed by atoms with van der Waals surface area (Å²) in [5, 5.41) is 4.19. The predicted octanol–water partition coefficient (Wildman–Crippen LogP) is 2.78. The number of aromatic nitrogens is 2. The molecule has 2 N–H and O–H groups in total. The standard InChI is InChI=1S/C12H20BrN3O/c1-7(2)16-9(8(13)6-15-16)10(17)11(14)12(3,4)5/h6-7,11H,14H2,1-5H3. The van der Waals surface area contributed by atoms with Crippen LogP contribution in [0.15, 0.2) is 10.7 Å². The minimum Gasteiger partial charge on any atom is -0.321 e. The molecule has 0 aromatic carbocycles. The lowest BCUT2D eigenvalue weighted by molar-refractivity contribution is 0.0887. The molecule has 1 rings (SSSR count). The van der Waals surface area contributed by atoms with Crippen LogP contribution < -0.4 is 5.73 Å². The van der Waals surface area contributed by atoms with E-state index in [1.54, 1.807) is 10.9 Å². The molecule has 0 radical (unpaired) electrons. The van der Waals surface area contributed by atoms with Gasteiger partial charge in [0.1, 0.15) is 5.69 Å². The maximum atomic E-state index is 12.4. The minimum absolute atomic E-state index is 0.0735. The molecular weight excluding hydrogens is 282 g/mol. The number of nitrogens with zero attached hydrogens (tertiary/aromatic N) is 2. The van der Waals surface area contributed by atoms with Crippen molar-refractivity contribution in [1.82, 2.24) is 9.78 Å². The molecule has 0 spiro atoms. The van der Waals surface area contributed by atoms with Crippen LogP contribution in [0.5, 0.6) is 0 Å². The summed E-state index contributed by atoms with van der Waals surface area (Å²) in [5.41, 5.74) is 6.31. The highest BCUT2D eigenvalue weighted by Crippen LogP contribution is 2.26. The van der Waals surface area contributed by atoms with Gasteiger partial charge in [0.15, 0.2) is 5.78 Å². The number of carbonyl (C=O) groups is 1. The summed E-state index contributed by atoms with van der Waals surface area (Å²) in [6.45, 7) is 9.84. The zero-order valence-electron chi connectivity index (χ0n) is 11.0. The number of Topliss-reactive ketones (excluding diaryl/α,β-unsaturated/α-hetero) is 1. The fourth-order valence-electron chi connectivity index (χ4n) is 1.50. The quantitative estimate of drug-likeness (QED) is 0.873. The van der Waals surface area contributed by atoms with Gasteiger partial charge in [0.25, 0.3) is 0 Å². The topological polar surface area (TPSA) is 60.9 Å². The molecule has 0 amide bonds. The van der Waals surface area contributed by atoms with Gasteiger partial charge in [-0.25, -0.2) is 0 Å². The first-order valence-electron chi connectivity index (χ1n) is 5.69. The van der Waals surface area contributed by atoms with Gasteiger partial charge in [0, 0.05) is 6.04 Å². The van der Waals surface area contributed by atoms with Crippen molar-refractivity contribution in [2.45, 2.75) is 46.7 Å². The third-order valence-corrected chi connectivity index (χ3v) is 3.27. The van der Waals surface area contributed by atoms with Crippen molar-refractivity contribution in [3.63, 3.8) is 0 Å². The fraction of sp³-hybridized carbons (Fsp3) is 0.667. The van der Waals surface area contributed by atoms with Crippen molar-refractivity contribution >= 4 is 21.7 Å². The average molecular weight is 302 g/mol. The molecular formula is C12H20BrN3O. The van der Waals surface area contributed by atoms with Crippen LogP contribution >= 0.6 is 15.9 Å². The summed E-state index contributed by atoms with van der Waals surface area (Å²) in [4.78, 5) is 12.4. The van der Waals surface area contributed by atoms with Crippen molar-refractivity contribution in [2.75, 3.05) is 0 Å². The number of rotatable bonds is 3. The third kappa shape index (κ3) is 2.96. The van der Waals surface area contributed by atoms with Crippen LogP contribution in [-0.4, -0.2) is 21.6 Å². The van der Waals surface area contributed by atoms with E-state index in [1.807, 2.05) is 34.6 Å². The Hall–Kier alpha value is -0.680. The number of halogens is 1. The zero-order valence-corrected chi connectivity index (χ0v) is 12.6. The van der Waals surface area contributed by atoms with E-state index in [0.29, 0.717) is 10.2 Å². The van der Waals surface area contributed by atoms with Crippen LogP contribution in [0.1, 0.15) is 51.1 Å². The second kappa shape index (κ2) is 4.90. The first-order chi connectivity index (χ1) is 7.66. The van der Waals surface area contributed by atoms with Crippen LogP contribution in [0.2, 0.25) is 0 Å². The van der Waals surface area contributed by atoms with Gasteiger partial charge in [-0.15, -0.1) is 0 Å². The minimum atomic E-state index is -0.534. The van der Waals surface area contributed by atoms with Gasteiger partial charge in [-0.3, -0.25) is 9.48 Å². The first kappa shape index (κ1) is 14.4. The highest BCUT2D eigenvalue weighted by molar-refractivity contribution is 9.10. The lowest BCUT2D eigenvalue weighted by Gasteiger charge is -2.26. The lowest BCUT2D eigenvalue weighted by Crippen LogP contribution is -2.43. The van der Waals surface area contributed by atoms with Gasteiger partial charge in [-0.2, -0.15) is 5.10 Å². The Morgan fingerprint density at radius 1 is 1.47 bits per heavy atom. The normalized spacial score (nSPS) is 14.1. The molecule has 0 bridgehead atoms. The molecule has 0 fully saturated rings. The van der Waals surface area contributed by atoms with E-state index in [-0.39, 0.29) is 17.2 Å². The Morgan fingerprint density at radius 3 is 2.41 bits per heavy atom. The third-order valence-electron chi connectivity index (χ3n) is 2.69. The Balaban J connectivity index is 3.17. The second-order valence-corrected chi connectivity index (χ2v) is 6.44. The number of nitrogens with two attached hydrogens (primary N) is 1. The molecule has 1 aromatic rings. The smallest absolute Gasteiger partial charge is 0.199 e. The van der Waals surface area contributed by atoms with Gasteiger partial charge in [-0.1, -0.05) is 20.8 Å². The molecule has 0 aliphatic carbocycles. The van der Waals surface area contributed by atoms with E-state index in [9.17, 15) is 4.79 Å². The SMILES string of the molecule is CC(C)n1ncc(Br)c1C(=O)C(N)C(C)(C)C. The molecule has 1 heterocycles. The first-order valence-corrected chi connectivity index (χ1v) is 6.48. The molecule has 1 aromatic heterocycles. The molecule has 1 unspecified atom stereocenters. The Bertz CT molecular complexity index is 418.